The number of aromatic nitrogens is 2. The van der Waals surface area contributed by atoms with Crippen LogP contribution in [0.5, 0.6) is 0 Å². The number of benzene rings is 2. The average Bonchev–Trinajstić information content (AvgIpc) is 2.77. The molecule has 2 heterocycles. The first kappa shape index (κ1) is 18.9. The van der Waals surface area contributed by atoms with Crippen molar-refractivity contribution in [1.82, 2.24) is 9.97 Å². The van der Waals surface area contributed by atoms with Crippen LogP contribution < -0.4 is 15.5 Å². The maximum atomic E-state index is 13.7. The topological polar surface area (TPSA) is 70.2 Å². The molecule has 0 atom stereocenters. The molecule has 0 spiro atoms. The van der Waals surface area contributed by atoms with Gasteiger partial charge in [-0.1, -0.05) is 12.1 Å². The van der Waals surface area contributed by atoms with Crippen molar-refractivity contribution < 1.29 is 9.18 Å². The second kappa shape index (κ2) is 8.68. The van der Waals surface area contributed by atoms with E-state index in [1.165, 1.54) is 49.5 Å². The lowest BCUT2D eigenvalue weighted by molar-refractivity contribution is 0.102. The minimum Gasteiger partial charge on any atom is -0.372 e. The van der Waals surface area contributed by atoms with Gasteiger partial charge < -0.3 is 15.5 Å². The Balaban J connectivity index is 1.38. The summed E-state index contributed by atoms with van der Waals surface area (Å²) in [4.78, 5) is 23.0. The fourth-order valence-corrected chi connectivity index (χ4v) is 3.31. The Kier molecular flexibility index (Phi) is 5.65. The molecule has 1 aromatic heterocycles. The lowest BCUT2D eigenvalue weighted by atomic mass is 10.1. The van der Waals surface area contributed by atoms with Crippen LogP contribution in [0, 0.1) is 5.82 Å². The molecule has 29 heavy (non-hydrogen) atoms. The quantitative estimate of drug-likeness (QED) is 0.665. The summed E-state index contributed by atoms with van der Waals surface area (Å²) in [5.74, 6) is -0.488. The molecule has 148 valence electrons. The number of halogens is 1. The molecule has 0 saturated carbocycles. The average molecular weight is 391 g/mol. The van der Waals surface area contributed by atoms with Crippen LogP contribution in [0.15, 0.2) is 60.9 Å². The highest BCUT2D eigenvalue weighted by Gasteiger charge is 2.12. The third-order valence-corrected chi connectivity index (χ3v) is 4.87. The summed E-state index contributed by atoms with van der Waals surface area (Å²) >= 11 is 0. The van der Waals surface area contributed by atoms with E-state index in [-0.39, 0.29) is 11.4 Å². The molecular weight excluding hydrogens is 369 g/mol. The molecule has 7 heteroatoms. The van der Waals surface area contributed by atoms with Crippen LogP contribution in [0.2, 0.25) is 0 Å². The molecule has 1 amide bonds. The van der Waals surface area contributed by atoms with E-state index in [9.17, 15) is 9.18 Å². The van der Waals surface area contributed by atoms with Crippen molar-refractivity contribution in [2.75, 3.05) is 28.6 Å². The van der Waals surface area contributed by atoms with E-state index in [1.807, 2.05) is 12.1 Å². The monoisotopic (exact) mass is 391 g/mol. The summed E-state index contributed by atoms with van der Waals surface area (Å²) in [6.07, 6.45) is 6.64. The van der Waals surface area contributed by atoms with Crippen molar-refractivity contribution in [2.24, 2.45) is 0 Å². The van der Waals surface area contributed by atoms with E-state index < -0.39 is 11.7 Å². The second-order valence-electron chi connectivity index (χ2n) is 6.94. The van der Waals surface area contributed by atoms with Gasteiger partial charge in [-0.25, -0.2) is 14.4 Å². The van der Waals surface area contributed by atoms with Crippen molar-refractivity contribution in [3.8, 4) is 0 Å². The van der Waals surface area contributed by atoms with Gasteiger partial charge in [0.15, 0.2) is 0 Å². The van der Waals surface area contributed by atoms with Gasteiger partial charge in [0.1, 0.15) is 17.3 Å². The van der Waals surface area contributed by atoms with Crippen molar-refractivity contribution in [1.29, 1.82) is 0 Å². The van der Waals surface area contributed by atoms with E-state index >= 15 is 0 Å². The number of carbonyl (C=O) groups excluding carboxylic acids is 1. The highest BCUT2D eigenvalue weighted by atomic mass is 19.1. The van der Waals surface area contributed by atoms with Crippen LogP contribution in [0.3, 0.4) is 0 Å². The smallest absolute Gasteiger partial charge is 0.275 e. The molecule has 1 fully saturated rings. The number of nitrogens with zero attached hydrogens (tertiary/aromatic N) is 3. The molecule has 4 rings (SSSR count). The molecule has 2 aromatic carbocycles. The fraction of sp³-hybridized carbons (Fsp3) is 0.227. The van der Waals surface area contributed by atoms with Gasteiger partial charge in [-0.3, -0.25) is 4.79 Å². The van der Waals surface area contributed by atoms with Crippen LogP contribution in [0.4, 0.5) is 27.3 Å². The molecule has 0 bridgehead atoms. The van der Waals surface area contributed by atoms with Gasteiger partial charge in [0, 0.05) is 24.5 Å². The lowest BCUT2D eigenvalue weighted by Gasteiger charge is -2.28. The Morgan fingerprint density at radius 2 is 1.69 bits per heavy atom. The number of hydrogen-bond acceptors (Lipinski definition) is 5. The van der Waals surface area contributed by atoms with Gasteiger partial charge in [0.25, 0.3) is 5.91 Å². The molecule has 0 aliphatic carbocycles. The number of amides is 1. The molecule has 1 aliphatic rings. The first-order valence-electron chi connectivity index (χ1n) is 9.69. The van der Waals surface area contributed by atoms with Gasteiger partial charge in [-0.05, 0) is 55.7 Å². The first-order chi connectivity index (χ1) is 14.2. The van der Waals surface area contributed by atoms with E-state index in [2.05, 4.69) is 37.6 Å². The predicted octanol–water partition coefficient (Wildman–Crippen LogP) is 4.60. The summed E-state index contributed by atoms with van der Waals surface area (Å²) in [7, 11) is 0. The number of hydrogen-bond donors (Lipinski definition) is 2. The van der Waals surface area contributed by atoms with E-state index in [0.717, 1.165) is 18.8 Å². The highest BCUT2D eigenvalue weighted by molar-refractivity contribution is 6.02. The number of anilines is 4. The molecule has 3 aromatic rings. The molecule has 6 nitrogen and oxygen atoms in total. The Bertz CT molecular complexity index is 969. The van der Waals surface area contributed by atoms with Crippen molar-refractivity contribution in [3.63, 3.8) is 0 Å². The van der Waals surface area contributed by atoms with Crippen molar-refractivity contribution in [2.45, 2.75) is 19.3 Å². The van der Waals surface area contributed by atoms with Crippen LogP contribution in [-0.2, 0) is 0 Å². The summed E-state index contributed by atoms with van der Waals surface area (Å²) in [5, 5.41) is 5.67. The summed E-state index contributed by atoms with van der Waals surface area (Å²) in [6, 6.07) is 14.2. The van der Waals surface area contributed by atoms with Gasteiger partial charge in [0.2, 0.25) is 0 Å². The zero-order valence-electron chi connectivity index (χ0n) is 15.9. The van der Waals surface area contributed by atoms with Gasteiger partial charge in [-0.15, -0.1) is 0 Å². The number of nitrogens with one attached hydrogen (secondary N) is 2. The summed E-state index contributed by atoms with van der Waals surface area (Å²) < 4.78 is 13.7. The largest absolute Gasteiger partial charge is 0.372 e. The maximum Gasteiger partial charge on any atom is 0.275 e. The van der Waals surface area contributed by atoms with Crippen LogP contribution >= 0.6 is 0 Å². The predicted molar refractivity (Wildman–Crippen MR) is 112 cm³/mol. The minimum absolute atomic E-state index is 0.107. The Hall–Kier alpha value is -3.48. The van der Waals surface area contributed by atoms with Crippen molar-refractivity contribution >= 4 is 28.8 Å². The number of piperidine rings is 1. The van der Waals surface area contributed by atoms with Crippen LogP contribution in [0.1, 0.15) is 29.8 Å². The lowest BCUT2D eigenvalue weighted by Crippen LogP contribution is -2.29. The molecule has 0 unspecified atom stereocenters. The zero-order valence-corrected chi connectivity index (χ0v) is 15.9. The Labute approximate surface area is 168 Å². The first-order valence-corrected chi connectivity index (χ1v) is 9.69. The summed E-state index contributed by atoms with van der Waals surface area (Å²) in [5.41, 5.74) is 2.33. The molecule has 1 saturated heterocycles. The molecular formula is C22H22FN5O. The maximum absolute atomic E-state index is 13.7. The summed E-state index contributed by atoms with van der Waals surface area (Å²) in [6.45, 7) is 2.21. The van der Waals surface area contributed by atoms with Crippen LogP contribution in [-0.4, -0.2) is 29.0 Å². The Morgan fingerprint density at radius 1 is 0.931 bits per heavy atom. The van der Waals surface area contributed by atoms with Gasteiger partial charge >= 0.3 is 0 Å². The minimum atomic E-state index is -0.514. The zero-order chi connectivity index (χ0) is 20.1. The van der Waals surface area contributed by atoms with E-state index in [4.69, 9.17) is 0 Å². The van der Waals surface area contributed by atoms with Gasteiger partial charge in [-0.2, -0.15) is 0 Å². The standard InChI is InChI=1S/C22H22FN5O/c23-18-6-2-3-7-19(18)27-22(29)20-14-25-21(15-24-20)26-16-8-10-17(11-9-16)28-12-4-1-5-13-28/h2-3,6-11,14-15H,1,4-5,12-13H2,(H,25,26)(H,27,29). The molecule has 1 aliphatic heterocycles. The number of para-hydroxylation sites is 1. The normalized spacial score (nSPS) is 13.8. The number of carbonyl (C=O) groups is 1. The van der Waals surface area contributed by atoms with E-state index in [0.29, 0.717) is 5.82 Å². The van der Waals surface area contributed by atoms with Gasteiger partial charge in [0.05, 0.1) is 18.1 Å². The van der Waals surface area contributed by atoms with Crippen LogP contribution in [0.25, 0.3) is 0 Å². The SMILES string of the molecule is O=C(Nc1ccccc1F)c1cnc(Nc2ccc(N3CCCCC3)cc2)cn1. The molecule has 0 radical (unpaired) electrons. The Morgan fingerprint density at radius 3 is 2.38 bits per heavy atom. The molecule has 2 N–H and O–H groups in total. The van der Waals surface area contributed by atoms with Crippen molar-refractivity contribution in [3.05, 3.63) is 72.4 Å². The number of rotatable bonds is 5. The second-order valence-corrected chi connectivity index (χ2v) is 6.94. The van der Waals surface area contributed by atoms with E-state index in [1.54, 1.807) is 12.1 Å². The highest BCUT2D eigenvalue weighted by Crippen LogP contribution is 2.23. The fourth-order valence-electron chi connectivity index (χ4n) is 3.31. The third-order valence-electron chi connectivity index (χ3n) is 4.87. The third kappa shape index (κ3) is 4.68.